The van der Waals surface area contributed by atoms with Crippen molar-refractivity contribution >= 4 is 11.8 Å². The zero-order valence-electron chi connectivity index (χ0n) is 11.9. The van der Waals surface area contributed by atoms with Crippen LogP contribution in [0.1, 0.15) is 22.4 Å². The molecule has 0 spiro atoms. The van der Waals surface area contributed by atoms with E-state index in [2.05, 4.69) is 30.1 Å². The van der Waals surface area contributed by atoms with Gasteiger partial charge < -0.3 is 5.11 Å². The van der Waals surface area contributed by atoms with Crippen LogP contribution < -0.4 is 0 Å². The van der Waals surface area contributed by atoms with Crippen molar-refractivity contribution in [1.29, 1.82) is 0 Å². The summed E-state index contributed by atoms with van der Waals surface area (Å²) in [6, 6.07) is 12.0. The molecule has 0 fully saturated rings. The maximum absolute atomic E-state index is 11.1. The summed E-state index contributed by atoms with van der Waals surface area (Å²) in [4.78, 5) is 25.7. The lowest BCUT2D eigenvalue weighted by Gasteiger charge is -2.04. The summed E-state index contributed by atoms with van der Waals surface area (Å²) >= 11 is 0. The number of aryl methyl sites for hydroxylation is 3. The largest absolute Gasteiger partial charge is 0.475 e. The fourth-order valence-electron chi connectivity index (χ4n) is 2.10. The van der Waals surface area contributed by atoms with Crippen molar-refractivity contribution in [2.75, 3.05) is 0 Å². The second-order valence-corrected chi connectivity index (χ2v) is 5.05. The number of carboxylic acids is 1. The molecule has 0 saturated heterocycles. The number of aliphatic carboxylic acids is 1. The van der Waals surface area contributed by atoms with Gasteiger partial charge in [-0.25, -0.2) is 4.79 Å². The molecule has 2 rings (SSSR count). The van der Waals surface area contributed by atoms with E-state index in [1.54, 1.807) is 12.3 Å². The Labute approximate surface area is 123 Å². The Morgan fingerprint density at radius 1 is 1.10 bits per heavy atom. The smallest absolute Gasteiger partial charge is 0.372 e. The molecule has 0 atom stereocenters. The topological polar surface area (TPSA) is 67.3 Å². The van der Waals surface area contributed by atoms with Crippen LogP contribution in [0.2, 0.25) is 0 Å². The third kappa shape index (κ3) is 4.53. The molecular weight excluding hydrogens is 266 g/mol. The maximum atomic E-state index is 11.1. The highest BCUT2D eigenvalue weighted by atomic mass is 16.4. The molecule has 0 aliphatic heterocycles. The van der Waals surface area contributed by atoms with E-state index in [9.17, 15) is 9.59 Å². The van der Waals surface area contributed by atoms with Crippen LogP contribution in [0, 0.1) is 6.92 Å². The maximum Gasteiger partial charge on any atom is 0.372 e. The molecule has 108 valence electrons. The van der Waals surface area contributed by atoms with Gasteiger partial charge in [-0.1, -0.05) is 35.9 Å². The molecule has 0 radical (unpaired) electrons. The number of rotatable bonds is 6. The molecule has 0 unspecified atom stereocenters. The molecule has 0 amide bonds. The molecule has 2 aromatic rings. The number of hydrogen-bond acceptors (Lipinski definition) is 3. The number of carboxylic acid groups (broad SMARTS) is 1. The minimum absolute atomic E-state index is 0.159. The molecular formula is C17H17NO3. The van der Waals surface area contributed by atoms with Crippen molar-refractivity contribution in [3.8, 4) is 0 Å². The number of nitrogens with zero attached hydrogens (tertiary/aromatic N) is 1. The van der Waals surface area contributed by atoms with E-state index in [0.29, 0.717) is 5.69 Å². The molecule has 1 N–H and O–H groups in total. The number of pyridine rings is 1. The summed E-state index contributed by atoms with van der Waals surface area (Å²) in [5, 5.41) is 8.55. The predicted molar refractivity (Wildman–Crippen MR) is 79.2 cm³/mol. The number of carbonyl (C=O) groups excluding carboxylic acids is 1. The summed E-state index contributed by atoms with van der Waals surface area (Å²) in [7, 11) is 0. The minimum atomic E-state index is -1.42. The van der Waals surface area contributed by atoms with Gasteiger partial charge >= 0.3 is 5.97 Å². The van der Waals surface area contributed by atoms with Crippen LogP contribution in [-0.2, 0) is 28.9 Å². The van der Waals surface area contributed by atoms with Gasteiger partial charge in [0.2, 0.25) is 5.78 Å². The van der Waals surface area contributed by atoms with E-state index >= 15 is 0 Å². The molecule has 0 saturated carbocycles. The Morgan fingerprint density at radius 2 is 1.86 bits per heavy atom. The standard InChI is InChI=1S/C17H17NO3/c1-12-3-2-4-13(9-12)5-6-14-7-8-15(18-11-14)10-16(19)17(20)21/h2-4,7-9,11H,5-6,10H2,1H3,(H,20,21). The van der Waals surface area contributed by atoms with Gasteiger partial charge in [0.25, 0.3) is 0 Å². The SMILES string of the molecule is Cc1cccc(CCc2ccc(CC(=O)C(=O)O)nc2)c1. The molecule has 1 heterocycles. The number of aromatic nitrogens is 1. The van der Waals surface area contributed by atoms with Gasteiger partial charge in [-0.2, -0.15) is 0 Å². The van der Waals surface area contributed by atoms with Gasteiger partial charge in [0.15, 0.2) is 0 Å². The van der Waals surface area contributed by atoms with Crippen LogP contribution in [-0.4, -0.2) is 21.8 Å². The Bertz CT molecular complexity index is 647. The third-order valence-corrected chi connectivity index (χ3v) is 3.25. The summed E-state index contributed by atoms with van der Waals surface area (Å²) < 4.78 is 0. The Hall–Kier alpha value is -2.49. The highest BCUT2D eigenvalue weighted by Crippen LogP contribution is 2.09. The van der Waals surface area contributed by atoms with E-state index in [4.69, 9.17) is 5.11 Å². The lowest BCUT2D eigenvalue weighted by Crippen LogP contribution is -2.15. The highest BCUT2D eigenvalue weighted by Gasteiger charge is 2.12. The van der Waals surface area contributed by atoms with Crippen LogP contribution in [0.15, 0.2) is 42.6 Å². The van der Waals surface area contributed by atoms with Gasteiger partial charge in [0.1, 0.15) is 0 Å². The molecule has 1 aromatic heterocycles. The van der Waals surface area contributed by atoms with Crippen molar-refractivity contribution in [1.82, 2.24) is 4.98 Å². The monoisotopic (exact) mass is 283 g/mol. The molecule has 4 heteroatoms. The second-order valence-electron chi connectivity index (χ2n) is 5.05. The van der Waals surface area contributed by atoms with Crippen molar-refractivity contribution in [3.05, 3.63) is 65.0 Å². The predicted octanol–water partition coefficient (Wildman–Crippen LogP) is 2.37. The highest BCUT2D eigenvalue weighted by molar-refractivity contribution is 6.33. The molecule has 0 bridgehead atoms. The van der Waals surface area contributed by atoms with Crippen molar-refractivity contribution in [2.45, 2.75) is 26.2 Å². The van der Waals surface area contributed by atoms with Crippen molar-refractivity contribution < 1.29 is 14.7 Å². The first-order valence-corrected chi connectivity index (χ1v) is 6.80. The van der Waals surface area contributed by atoms with Crippen LogP contribution in [0.4, 0.5) is 0 Å². The lowest BCUT2D eigenvalue weighted by atomic mass is 10.0. The number of hydrogen-bond donors (Lipinski definition) is 1. The van der Waals surface area contributed by atoms with Crippen LogP contribution in [0.3, 0.4) is 0 Å². The molecule has 1 aromatic carbocycles. The average molecular weight is 283 g/mol. The first-order valence-electron chi connectivity index (χ1n) is 6.80. The van der Waals surface area contributed by atoms with Crippen molar-refractivity contribution in [3.63, 3.8) is 0 Å². The van der Waals surface area contributed by atoms with E-state index < -0.39 is 11.8 Å². The Balaban J connectivity index is 1.93. The summed E-state index contributed by atoms with van der Waals surface area (Å²) in [5.74, 6) is -2.25. The zero-order valence-corrected chi connectivity index (χ0v) is 11.9. The van der Waals surface area contributed by atoms with Crippen LogP contribution in [0.5, 0.6) is 0 Å². The lowest BCUT2D eigenvalue weighted by molar-refractivity contribution is -0.148. The van der Waals surface area contributed by atoms with E-state index in [-0.39, 0.29) is 6.42 Å². The van der Waals surface area contributed by atoms with Gasteiger partial charge in [0, 0.05) is 11.9 Å². The normalized spacial score (nSPS) is 10.3. The Kier molecular flexibility index (Phi) is 4.82. The summed E-state index contributed by atoms with van der Waals surface area (Å²) in [5.41, 5.74) is 4.08. The van der Waals surface area contributed by atoms with Crippen molar-refractivity contribution in [2.24, 2.45) is 0 Å². The quantitative estimate of drug-likeness (QED) is 0.826. The van der Waals surface area contributed by atoms with Gasteiger partial charge in [-0.3, -0.25) is 9.78 Å². The van der Waals surface area contributed by atoms with Crippen LogP contribution in [0.25, 0.3) is 0 Å². The third-order valence-electron chi connectivity index (χ3n) is 3.25. The fraction of sp³-hybridized carbons (Fsp3) is 0.235. The summed E-state index contributed by atoms with van der Waals surface area (Å²) in [6.07, 6.45) is 3.34. The van der Waals surface area contributed by atoms with E-state index in [1.165, 1.54) is 11.1 Å². The fourth-order valence-corrected chi connectivity index (χ4v) is 2.10. The van der Waals surface area contributed by atoms with E-state index in [0.717, 1.165) is 18.4 Å². The molecule has 0 aliphatic rings. The number of Topliss-reactive ketones (excluding diaryl/α,β-unsaturated/α-hetero) is 1. The zero-order chi connectivity index (χ0) is 15.2. The first kappa shape index (κ1) is 14.9. The van der Waals surface area contributed by atoms with Gasteiger partial charge in [0.05, 0.1) is 6.42 Å². The number of benzene rings is 1. The van der Waals surface area contributed by atoms with Gasteiger partial charge in [-0.05, 0) is 37.0 Å². The first-order chi connectivity index (χ1) is 10.0. The molecule has 21 heavy (non-hydrogen) atoms. The molecule has 4 nitrogen and oxygen atoms in total. The van der Waals surface area contributed by atoms with Crippen LogP contribution >= 0.6 is 0 Å². The second kappa shape index (κ2) is 6.79. The molecule has 0 aliphatic carbocycles. The van der Waals surface area contributed by atoms with Gasteiger partial charge in [-0.15, -0.1) is 0 Å². The minimum Gasteiger partial charge on any atom is -0.475 e. The van der Waals surface area contributed by atoms with E-state index in [1.807, 2.05) is 12.1 Å². The average Bonchev–Trinajstić information content (AvgIpc) is 2.46. The Morgan fingerprint density at radius 3 is 2.48 bits per heavy atom. The number of ketones is 1. The number of carbonyl (C=O) groups is 2. The summed E-state index contributed by atoms with van der Waals surface area (Å²) in [6.45, 7) is 2.07.